The smallest absolute Gasteiger partial charge is 0.267 e. The molecule has 1 aliphatic heterocycles. The quantitative estimate of drug-likeness (QED) is 0.380. The zero-order chi connectivity index (χ0) is 23.7. The summed E-state index contributed by atoms with van der Waals surface area (Å²) >= 11 is 1.38. The molecule has 0 aliphatic carbocycles. The van der Waals surface area contributed by atoms with Gasteiger partial charge in [0.15, 0.2) is 5.16 Å². The molecule has 0 bridgehead atoms. The van der Waals surface area contributed by atoms with E-state index in [1.807, 2.05) is 45.7 Å². The number of fused-ring (bicyclic) bond motifs is 3. The number of likely N-dealkylation sites (tertiary alicyclic amines) is 1. The average molecular weight is 476 g/mol. The number of piperidine rings is 1. The molecule has 0 N–H and O–H groups in total. The normalized spacial score (nSPS) is 15.2. The zero-order valence-electron chi connectivity index (χ0n) is 19.6. The molecule has 34 heavy (non-hydrogen) atoms. The largest absolute Gasteiger partial charge is 0.342 e. The Hall–Kier alpha value is -3.13. The van der Waals surface area contributed by atoms with Crippen LogP contribution in [0.25, 0.3) is 22.4 Å². The third-order valence-corrected chi connectivity index (χ3v) is 7.67. The zero-order valence-corrected chi connectivity index (χ0v) is 20.4. The summed E-state index contributed by atoms with van der Waals surface area (Å²) < 4.78 is 3.51. The number of amides is 1. The summed E-state index contributed by atoms with van der Waals surface area (Å²) in [6.45, 7) is 6.02. The van der Waals surface area contributed by atoms with Crippen LogP contribution in [0, 0.1) is 0 Å². The predicted octanol–water partition coefficient (Wildman–Crippen LogP) is 4.65. The van der Waals surface area contributed by atoms with Gasteiger partial charge in [-0.25, -0.2) is 4.57 Å². The number of rotatable bonds is 6. The van der Waals surface area contributed by atoms with Crippen molar-refractivity contribution in [2.75, 3.05) is 18.8 Å². The molecule has 1 fully saturated rings. The Morgan fingerprint density at radius 3 is 2.50 bits per heavy atom. The molecule has 2 aromatic heterocycles. The molecule has 0 unspecified atom stereocenters. The summed E-state index contributed by atoms with van der Waals surface area (Å²) in [5.41, 5.74) is 2.60. The van der Waals surface area contributed by atoms with Gasteiger partial charge in [0.2, 0.25) is 11.7 Å². The molecule has 8 heteroatoms. The Labute approximate surface area is 202 Å². The van der Waals surface area contributed by atoms with Crippen molar-refractivity contribution in [3.8, 4) is 5.69 Å². The van der Waals surface area contributed by atoms with Crippen molar-refractivity contribution in [2.24, 2.45) is 0 Å². The van der Waals surface area contributed by atoms with Crippen LogP contribution in [-0.4, -0.2) is 48.8 Å². The van der Waals surface area contributed by atoms with Gasteiger partial charge in [-0.15, -0.1) is 10.2 Å². The second-order valence-corrected chi connectivity index (χ2v) is 9.85. The number of hydrogen-bond donors (Lipinski definition) is 0. The summed E-state index contributed by atoms with van der Waals surface area (Å²) in [7, 11) is 0. The Bertz CT molecular complexity index is 1390. The van der Waals surface area contributed by atoms with Crippen LogP contribution in [0.2, 0.25) is 0 Å². The topological polar surface area (TPSA) is 72.5 Å². The molecule has 0 saturated carbocycles. The van der Waals surface area contributed by atoms with E-state index in [2.05, 4.69) is 36.2 Å². The van der Waals surface area contributed by atoms with E-state index in [4.69, 9.17) is 0 Å². The van der Waals surface area contributed by atoms with Crippen LogP contribution in [0.4, 0.5) is 0 Å². The lowest BCUT2D eigenvalue weighted by Crippen LogP contribution is -2.36. The fraction of sp³-hybridized carbons (Fsp3) is 0.385. The highest BCUT2D eigenvalue weighted by molar-refractivity contribution is 7.99. The van der Waals surface area contributed by atoms with Crippen LogP contribution < -0.4 is 5.56 Å². The van der Waals surface area contributed by atoms with Gasteiger partial charge in [-0.2, -0.15) is 0 Å². The van der Waals surface area contributed by atoms with Crippen molar-refractivity contribution in [3.63, 3.8) is 0 Å². The number of nitrogens with zero attached hydrogens (tertiary/aromatic N) is 5. The first kappa shape index (κ1) is 22.7. The first-order valence-corrected chi connectivity index (χ1v) is 13.0. The van der Waals surface area contributed by atoms with Crippen LogP contribution in [0.1, 0.15) is 51.0 Å². The molecule has 1 aliphatic rings. The minimum absolute atomic E-state index is 0.125. The van der Waals surface area contributed by atoms with Crippen molar-refractivity contribution < 1.29 is 4.79 Å². The van der Waals surface area contributed by atoms with Gasteiger partial charge in [-0.05, 0) is 61.4 Å². The third kappa shape index (κ3) is 4.11. The van der Waals surface area contributed by atoms with Gasteiger partial charge in [0.1, 0.15) is 0 Å². The van der Waals surface area contributed by atoms with E-state index in [-0.39, 0.29) is 11.5 Å². The van der Waals surface area contributed by atoms with Gasteiger partial charge >= 0.3 is 0 Å². The molecule has 1 saturated heterocycles. The molecule has 2 aromatic carbocycles. The predicted molar refractivity (Wildman–Crippen MR) is 136 cm³/mol. The van der Waals surface area contributed by atoms with Crippen molar-refractivity contribution in [1.82, 2.24) is 24.1 Å². The van der Waals surface area contributed by atoms with Crippen molar-refractivity contribution in [3.05, 3.63) is 64.4 Å². The number of benzene rings is 2. The number of carbonyl (C=O) groups excluding carboxylic acids is 1. The Morgan fingerprint density at radius 2 is 1.76 bits per heavy atom. The van der Waals surface area contributed by atoms with Crippen molar-refractivity contribution >= 4 is 34.3 Å². The molecule has 0 radical (unpaired) electrons. The second-order valence-electron chi connectivity index (χ2n) is 8.91. The number of thioether (sulfide) groups is 1. The number of para-hydroxylation sites is 1. The van der Waals surface area contributed by atoms with Crippen molar-refractivity contribution in [2.45, 2.75) is 50.6 Å². The highest BCUT2D eigenvalue weighted by atomic mass is 32.2. The minimum Gasteiger partial charge on any atom is -0.342 e. The maximum absolute atomic E-state index is 13.5. The van der Waals surface area contributed by atoms with E-state index < -0.39 is 0 Å². The minimum atomic E-state index is -0.132. The van der Waals surface area contributed by atoms with Crippen LogP contribution >= 0.6 is 11.8 Å². The summed E-state index contributed by atoms with van der Waals surface area (Å²) in [5, 5.41) is 10.00. The van der Waals surface area contributed by atoms with Gasteiger partial charge in [-0.1, -0.05) is 49.9 Å². The second kappa shape index (κ2) is 9.62. The molecule has 4 aromatic rings. The molecule has 3 heterocycles. The van der Waals surface area contributed by atoms with Gasteiger partial charge < -0.3 is 4.90 Å². The van der Waals surface area contributed by atoms with Gasteiger partial charge in [0, 0.05) is 13.1 Å². The first-order chi connectivity index (χ1) is 16.6. The van der Waals surface area contributed by atoms with Crippen LogP contribution in [0.3, 0.4) is 0 Å². The Balaban J connectivity index is 1.57. The number of carbonyl (C=O) groups is 1. The van der Waals surface area contributed by atoms with E-state index in [0.717, 1.165) is 43.6 Å². The van der Waals surface area contributed by atoms with Crippen molar-refractivity contribution in [1.29, 1.82) is 0 Å². The highest BCUT2D eigenvalue weighted by Gasteiger charge is 2.21. The third-order valence-electron chi connectivity index (χ3n) is 6.76. The average Bonchev–Trinajstić information content (AvgIpc) is 3.31. The lowest BCUT2D eigenvalue weighted by Gasteiger charge is -2.26. The number of aromatic nitrogens is 4. The first-order valence-electron chi connectivity index (χ1n) is 12.0. The maximum atomic E-state index is 13.5. The monoisotopic (exact) mass is 475 g/mol. The fourth-order valence-electron chi connectivity index (χ4n) is 4.55. The molecule has 1 atom stereocenters. The highest BCUT2D eigenvalue weighted by Crippen LogP contribution is 2.25. The lowest BCUT2D eigenvalue weighted by atomic mass is 9.98. The van der Waals surface area contributed by atoms with E-state index >= 15 is 0 Å². The maximum Gasteiger partial charge on any atom is 0.267 e. The molecule has 0 spiro atoms. The lowest BCUT2D eigenvalue weighted by molar-refractivity contribution is -0.129. The van der Waals surface area contributed by atoms with Gasteiger partial charge in [0.05, 0.1) is 22.3 Å². The van der Waals surface area contributed by atoms with Crippen LogP contribution in [-0.2, 0) is 4.79 Å². The summed E-state index contributed by atoms with van der Waals surface area (Å²) in [5.74, 6) is 1.33. The molecule has 176 valence electrons. The van der Waals surface area contributed by atoms with E-state index in [1.165, 1.54) is 23.7 Å². The Kier molecular flexibility index (Phi) is 6.41. The molecular weight excluding hydrogens is 446 g/mol. The molecule has 7 nitrogen and oxygen atoms in total. The van der Waals surface area contributed by atoms with Gasteiger partial charge in [-0.3, -0.25) is 14.0 Å². The fourth-order valence-corrected chi connectivity index (χ4v) is 5.40. The summed E-state index contributed by atoms with van der Waals surface area (Å²) in [6, 6.07) is 15.6. The van der Waals surface area contributed by atoms with E-state index in [9.17, 15) is 9.59 Å². The molecule has 5 rings (SSSR count). The van der Waals surface area contributed by atoms with Crippen LogP contribution in [0.5, 0.6) is 0 Å². The van der Waals surface area contributed by atoms with E-state index in [0.29, 0.717) is 28.0 Å². The van der Waals surface area contributed by atoms with E-state index in [1.54, 1.807) is 4.57 Å². The van der Waals surface area contributed by atoms with Crippen LogP contribution in [0.15, 0.2) is 58.5 Å². The van der Waals surface area contributed by atoms with Gasteiger partial charge in [0.25, 0.3) is 5.56 Å². The summed E-state index contributed by atoms with van der Waals surface area (Å²) in [4.78, 5) is 28.2. The Morgan fingerprint density at radius 1 is 1.03 bits per heavy atom. The number of hydrogen-bond acceptors (Lipinski definition) is 5. The summed E-state index contributed by atoms with van der Waals surface area (Å²) in [6.07, 6.45) is 4.38. The SMILES string of the molecule is CC[C@@H](C)c1ccc(-n2c(=O)c3ccccc3n3c(SCC(=O)N4CCCCC4)nnc23)cc1. The molecule has 1 amide bonds. The molecular formula is C26H29N5O2S. The standard InChI is InChI=1S/C26H29N5O2S/c1-3-18(2)19-11-13-20(14-12-19)30-24(33)21-9-5-6-10-22(21)31-25(30)27-28-26(31)34-17-23(32)29-15-7-4-8-16-29/h5-6,9-14,18H,3-4,7-8,15-17H2,1-2H3/t18-/m1/s1.